The molecule has 11 heavy (non-hydrogen) atoms. The third-order valence-electron chi connectivity index (χ3n) is 1.21. The molecular formula is C8H18NO2. The minimum Gasteiger partial charge on any atom is -0.379 e. The zero-order valence-corrected chi connectivity index (χ0v) is 7.21. The van der Waals surface area contributed by atoms with Gasteiger partial charge in [0.2, 0.25) is 0 Å². The lowest BCUT2D eigenvalue weighted by molar-refractivity contribution is 0.0538. The molecule has 0 saturated carbocycles. The summed E-state index contributed by atoms with van der Waals surface area (Å²) < 4.78 is 10.3. The van der Waals surface area contributed by atoms with E-state index in [1.165, 1.54) is 0 Å². The molecule has 0 spiro atoms. The molecule has 3 nitrogen and oxygen atoms in total. The van der Waals surface area contributed by atoms with E-state index in [-0.39, 0.29) is 0 Å². The Morgan fingerprint density at radius 1 is 1.18 bits per heavy atom. The molecule has 0 atom stereocenters. The molecule has 2 N–H and O–H groups in total. The van der Waals surface area contributed by atoms with Crippen LogP contribution in [0.15, 0.2) is 0 Å². The lowest BCUT2D eigenvalue weighted by atomic mass is 10.3. The molecule has 0 rings (SSSR count). The highest BCUT2D eigenvalue weighted by atomic mass is 16.5. The Bertz CT molecular complexity index is 61.1. The summed E-state index contributed by atoms with van der Waals surface area (Å²) in [7, 11) is 0. The first-order valence-electron chi connectivity index (χ1n) is 4.09. The lowest BCUT2D eigenvalue weighted by Crippen LogP contribution is -2.07. The normalized spacial score (nSPS) is 10.4. The zero-order chi connectivity index (χ0) is 8.36. The second kappa shape index (κ2) is 9.88. The molecule has 0 amide bonds. The molecule has 0 aromatic rings. The van der Waals surface area contributed by atoms with E-state index in [4.69, 9.17) is 15.2 Å². The van der Waals surface area contributed by atoms with Gasteiger partial charge >= 0.3 is 0 Å². The minimum absolute atomic E-state index is 0.634. The average molecular weight is 160 g/mol. The maximum atomic E-state index is 5.26. The van der Waals surface area contributed by atoms with Gasteiger partial charge in [0, 0.05) is 13.2 Å². The molecule has 0 aliphatic rings. The summed E-state index contributed by atoms with van der Waals surface area (Å²) in [6.45, 7) is 5.50. The third-order valence-corrected chi connectivity index (χ3v) is 1.21. The molecule has 1 radical (unpaired) electrons. The third kappa shape index (κ3) is 9.88. The average Bonchev–Trinajstić information content (AvgIpc) is 2.03. The quantitative estimate of drug-likeness (QED) is 0.529. The second-order valence-corrected chi connectivity index (χ2v) is 2.12. The summed E-state index contributed by atoms with van der Waals surface area (Å²) in [5.41, 5.74) is 5.26. The van der Waals surface area contributed by atoms with E-state index in [2.05, 4.69) is 0 Å². The Kier molecular flexibility index (Phi) is 9.77. The van der Waals surface area contributed by atoms with Crippen LogP contribution >= 0.6 is 0 Å². The van der Waals surface area contributed by atoms with Crippen molar-refractivity contribution in [3.05, 3.63) is 6.42 Å². The number of hydrogen-bond acceptors (Lipinski definition) is 3. The molecule has 0 saturated heterocycles. The van der Waals surface area contributed by atoms with Crippen LogP contribution in [0.25, 0.3) is 0 Å². The summed E-state index contributed by atoms with van der Waals surface area (Å²) >= 11 is 0. The number of nitrogens with two attached hydrogens (primary N) is 1. The van der Waals surface area contributed by atoms with Gasteiger partial charge < -0.3 is 15.2 Å². The Balaban J connectivity index is 2.69. The smallest absolute Gasteiger partial charge is 0.0700 e. The maximum absolute atomic E-state index is 5.26. The maximum Gasteiger partial charge on any atom is 0.0700 e. The molecular weight excluding hydrogens is 142 g/mol. The van der Waals surface area contributed by atoms with E-state index in [0.717, 1.165) is 19.6 Å². The van der Waals surface area contributed by atoms with E-state index in [1.54, 1.807) is 0 Å². The highest BCUT2D eigenvalue weighted by molar-refractivity contribution is 4.63. The van der Waals surface area contributed by atoms with Crippen molar-refractivity contribution < 1.29 is 9.47 Å². The molecule has 0 aliphatic heterocycles. The van der Waals surface area contributed by atoms with Crippen molar-refractivity contribution in [3.63, 3.8) is 0 Å². The van der Waals surface area contributed by atoms with Gasteiger partial charge in [0.15, 0.2) is 0 Å². The Morgan fingerprint density at radius 2 is 1.91 bits per heavy atom. The Morgan fingerprint density at radius 3 is 2.55 bits per heavy atom. The molecule has 0 unspecified atom stereocenters. The largest absolute Gasteiger partial charge is 0.379 e. The fourth-order valence-electron chi connectivity index (χ4n) is 0.649. The first-order chi connectivity index (χ1) is 5.41. The van der Waals surface area contributed by atoms with Crippen molar-refractivity contribution in [2.75, 3.05) is 33.0 Å². The number of ether oxygens (including phenoxy) is 2. The van der Waals surface area contributed by atoms with Gasteiger partial charge in [0.25, 0.3) is 0 Å². The topological polar surface area (TPSA) is 44.5 Å². The van der Waals surface area contributed by atoms with E-state index >= 15 is 0 Å². The first kappa shape index (κ1) is 10.9. The van der Waals surface area contributed by atoms with E-state index in [1.807, 2.05) is 13.3 Å². The van der Waals surface area contributed by atoms with Crippen molar-refractivity contribution >= 4 is 0 Å². The predicted octanol–water partition coefficient (Wildman–Crippen LogP) is 0.593. The van der Waals surface area contributed by atoms with Crippen LogP contribution in [0.3, 0.4) is 0 Å². The highest BCUT2D eigenvalue weighted by Crippen LogP contribution is 1.86. The summed E-state index contributed by atoms with van der Waals surface area (Å²) in [5, 5.41) is 0. The van der Waals surface area contributed by atoms with Crippen LogP contribution in [0.2, 0.25) is 0 Å². The lowest BCUT2D eigenvalue weighted by Gasteiger charge is -2.02. The fraction of sp³-hybridized carbons (Fsp3) is 0.875. The van der Waals surface area contributed by atoms with Gasteiger partial charge in [-0.05, 0) is 26.3 Å². The molecule has 0 fully saturated rings. The van der Waals surface area contributed by atoms with Crippen LogP contribution in [0.1, 0.15) is 13.3 Å². The minimum atomic E-state index is 0.634. The Hall–Kier alpha value is -0.120. The van der Waals surface area contributed by atoms with Crippen LogP contribution in [0, 0.1) is 6.42 Å². The van der Waals surface area contributed by atoms with E-state index < -0.39 is 0 Å². The summed E-state index contributed by atoms with van der Waals surface area (Å²) in [5.74, 6) is 0. The van der Waals surface area contributed by atoms with E-state index in [9.17, 15) is 0 Å². The van der Waals surface area contributed by atoms with Gasteiger partial charge in [-0.2, -0.15) is 0 Å². The van der Waals surface area contributed by atoms with Gasteiger partial charge in [-0.25, -0.2) is 0 Å². The van der Waals surface area contributed by atoms with Crippen LogP contribution < -0.4 is 5.73 Å². The molecule has 3 heteroatoms. The second-order valence-electron chi connectivity index (χ2n) is 2.12. The SMILES string of the molecule is CCOCCOCC[CH]CN. The molecule has 0 bridgehead atoms. The van der Waals surface area contributed by atoms with Crippen molar-refractivity contribution in [1.29, 1.82) is 0 Å². The van der Waals surface area contributed by atoms with Gasteiger partial charge in [-0.15, -0.1) is 0 Å². The molecule has 0 aromatic carbocycles. The standard InChI is InChI=1S/C8H18NO2/c1-2-10-7-8-11-6-4-3-5-9/h3H,2,4-9H2,1H3. The van der Waals surface area contributed by atoms with Gasteiger partial charge in [-0.3, -0.25) is 0 Å². The van der Waals surface area contributed by atoms with Crippen molar-refractivity contribution in [1.82, 2.24) is 0 Å². The highest BCUT2D eigenvalue weighted by Gasteiger charge is 1.88. The molecule has 0 heterocycles. The molecule has 67 valence electrons. The fourth-order valence-corrected chi connectivity index (χ4v) is 0.649. The van der Waals surface area contributed by atoms with Crippen LogP contribution in [0.5, 0.6) is 0 Å². The van der Waals surface area contributed by atoms with Crippen LogP contribution in [0.4, 0.5) is 0 Å². The zero-order valence-electron chi connectivity index (χ0n) is 7.21. The monoisotopic (exact) mass is 160 g/mol. The number of unbranched alkanes of at least 4 members (excludes halogenated alkanes) is 1. The van der Waals surface area contributed by atoms with Crippen LogP contribution in [-0.2, 0) is 9.47 Å². The first-order valence-corrected chi connectivity index (χ1v) is 4.09. The molecule has 0 aliphatic carbocycles. The van der Waals surface area contributed by atoms with E-state index in [0.29, 0.717) is 19.8 Å². The summed E-state index contributed by atoms with van der Waals surface area (Å²) in [6.07, 6.45) is 2.93. The number of rotatable bonds is 8. The predicted molar refractivity (Wildman–Crippen MR) is 45.3 cm³/mol. The van der Waals surface area contributed by atoms with Gasteiger partial charge in [-0.1, -0.05) is 0 Å². The van der Waals surface area contributed by atoms with Gasteiger partial charge in [0.1, 0.15) is 0 Å². The summed E-state index contributed by atoms with van der Waals surface area (Å²) in [4.78, 5) is 0. The summed E-state index contributed by atoms with van der Waals surface area (Å²) in [6, 6.07) is 0. The Labute approximate surface area is 68.9 Å². The van der Waals surface area contributed by atoms with Crippen molar-refractivity contribution in [3.8, 4) is 0 Å². The molecule has 0 aromatic heterocycles. The van der Waals surface area contributed by atoms with Gasteiger partial charge in [0.05, 0.1) is 13.2 Å². The van der Waals surface area contributed by atoms with Crippen molar-refractivity contribution in [2.24, 2.45) is 5.73 Å². The number of hydrogen-bond donors (Lipinski definition) is 1. The van der Waals surface area contributed by atoms with Crippen molar-refractivity contribution in [2.45, 2.75) is 13.3 Å². The van der Waals surface area contributed by atoms with Crippen LogP contribution in [-0.4, -0.2) is 33.0 Å².